The van der Waals surface area contributed by atoms with Gasteiger partial charge in [0.25, 0.3) is 0 Å². The van der Waals surface area contributed by atoms with E-state index in [1.807, 2.05) is 36.4 Å². The summed E-state index contributed by atoms with van der Waals surface area (Å²) in [6.45, 7) is 4.36. The first-order chi connectivity index (χ1) is 21.0. The molecule has 0 unspecified atom stereocenters. The van der Waals surface area contributed by atoms with Crippen LogP contribution >= 0.6 is 34.0 Å². The van der Waals surface area contributed by atoms with Crippen LogP contribution in [0.4, 0.5) is 14.5 Å². The molecule has 3 aromatic heterocycles. The molecule has 0 amide bonds. The van der Waals surface area contributed by atoms with Crippen LogP contribution in [0.3, 0.4) is 0 Å². The van der Waals surface area contributed by atoms with E-state index < -0.39 is 0 Å². The molecule has 8 heteroatoms. The second kappa shape index (κ2) is 15.3. The molecular weight excluding hydrogens is 615 g/mol. The second-order valence-electron chi connectivity index (χ2n) is 10.6. The molecule has 0 atom stereocenters. The summed E-state index contributed by atoms with van der Waals surface area (Å²) < 4.78 is 39.0. The lowest BCUT2D eigenvalue weighted by molar-refractivity contribution is 0.626. The van der Waals surface area contributed by atoms with E-state index in [1.54, 1.807) is 53.2 Å². The average molecular weight is 651 g/mol. The zero-order chi connectivity index (χ0) is 30.2. The first-order valence-corrected chi connectivity index (χ1v) is 18.1. The third kappa shape index (κ3) is 7.85. The molecule has 3 heterocycles. The van der Waals surface area contributed by atoms with Crippen LogP contribution in [0.25, 0.3) is 40.4 Å². The molecular formula is C35H36F2N2S4. The topological polar surface area (TPSA) is 24.7 Å². The minimum Gasteiger partial charge on any atom is -0.217 e. The summed E-state index contributed by atoms with van der Waals surface area (Å²) in [7, 11) is 1.72. The molecule has 224 valence electrons. The van der Waals surface area contributed by atoms with Gasteiger partial charge in [0.2, 0.25) is 0 Å². The fourth-order valence-corrected chi connectivity index (χ4v) is 8.77. The standard InChI is InChI=1S/C35H36F2N2S4/c1-4-6-8-10-23-12-14-25(27(36)20-23)30-16-18-32(40-30)34-22-29(39-43-38-3)35(42-34)33-19-17-31(41-33)26-15-13-24(21-28(26)37)11-9-7-5-2/h12-22H,4-11H2,1-3H3. The maximum Gasteiger partial charge on any atom is 0.132 e. The third-order valence-electron chi connectivity index (χ3n) is 7.35. The molecule has 0 N–H and O–H groups in total. The number of nitrogens with zero attached hydrogens (tertiary/aromatic N) is 2. The summed E-state index contributed by atoms with van der Waals surface area (Å²) >= 11 is 5.97. The van der Waals surface area contributed by atoms with E-state index in [1.165, 1.54) is 0 Å². The quantitative estimate of drug-likeness (QED) is 0.113. The van der Waals surface area contributed by atoms with Crippen LogP contribution in [0.1, 0.15) is 63.5 Å². The molecule has 0 aliphatic carbocycles. The van der Waals surface area contributed by atoms with Gasteiger partial charge >= 0.3 is 0 Å². The number of halogens is 2. The maximum atomic E-state index is 15.1. The summed E-state index contributed by atoms with van der Waals surface area (Å²) in [5, 5.41) is 0. The molecule has 0 spiro atoms. The highest BCUT2D eigenvalue weighted by Crippen LogP contribution is 2.48. The predicted octanol–water partition coefficient (Wildman–Crippen LogP) is 13.0. The van der Waals surface area contributed by atoms with Crippen molar-refractivity contribution in [3.05, 3.63) is 89.5 Å². The normalized spacial score (nSPS) is 11.2. The highest BCUT2D eigenvalue weighted by atomic mass is 32.1. The van der Waals surface area contributed by atoms with Gasteiger partial charge in [-0.2, -0.15) is 4.36 Å². The van der Waals surface area contributed by atoms with Crippen LogP contribution < -0.4 is 0 Å². The van der Waals surface area contributed by atoms with Gasteiger partial charge in [0.15, 0.2) is 0 Å². The molecule has 43 heavy (non-hydrogen) atoms. The van der Waals surface area contributed by atoms with Gasteiger partial charge in [0, 0.05) is 42.6 Å². The lowest BCUT2D eigenvalue weighted by Gasteiger charge is -2.05. The summed E-state index contributed by atoms with van der Waals surface area (Å²) in [4.78, 5) is 6.00. The third-order valence-corrected chi connectivity index (χ3v) is 11.5. The van der Waals surface area contributed by atoms with Crippen LogP contribution in [0, 0.1) is 11.6 Å². The van der Waals surface area contributed by atoms with E-state index in [-0.39, 0.29) is 11.6 Å². The number of thiophene rings is 3. The number of hydrogen-bond acceptors (Lipinski definition) is 5. The van der Waals surface area contributed by atoms with Gasteiger partial charge in [0.05, 0.1) is 21.9 Å². The molecule has 2 aromatic carbocycles. The highest BCUT2D eigenvalue weighted by Gasteiger charge is 2.18. The monoisotopic (exact) mass is 650 g/mol. The predicted molar refractivity (Wildman–Crippen MR) is 186 cm³/mol. The van der Waals surface area contributed by atoms with E-state index in [0.29, 0.717) is 11.1 Å². The minimum atomic E-state index is -0.174. The first-order valence-electron chi connectivity index (χ1n) is 14.9. The molecule has 5 rings (SSSR count). The number of hydrogen-bond donors (Lipinski definition) is 0. The SMILES string of the molecule is CCCCCc1ccc(-c2ccc(-c3cc(N=S=NC)c(-c4ccc(-c5ccc(CCCCC)cc5F)s4)s3)s2)c(F)c1. The number of unbranched alkanes of at least 4 members (excludes halogenated alkanes) is 4. The lowest BCUT2D eigenvalue weighted by Crippen LogP contribution is -1.89. The fraction of sp³-hybridized carbons (Fsp3) is 0.314. The van der Waals surface area contributed by atoms with Gasteiger partial charge < -0.3 is 0 Å². The van der Waals surface area contributed by atoms with E-state index in [0.717, 1.165) is 109 Å². The molecule has 0 bridgehead atoms. The summed E-state index contributed by atoms with van der Waals surface area (Å²) in [6, 6.07) is 21.5. The van der Waals surface area contributed by atoms with Crippen molar-refractivity contribution in [1.29, 1.82) is 0 Å². The van der Waals surface area contributed by atoms with Crippen LogP contribution in [0.5, 0.6) is 0 Å². The number of aryl methyl sites for hydroxylation is 2. The molecule has 0 aliphatic heterocycles. The van der Waals surface area contributed by atoms with Crippen LogP contribution in [-0.2, 0) is 24.2 Å². The van der Waals surface area contributed by atoms with Crippen molar-refractivity contribution in [2.75, 3.05) is 7.05 Å². The van der Waals surface area contributed by atoms with E-state index in [9.17, 15) is 0 Å². The Hall–Kier alpha value is -2.78. The van der Waals surface area contributed by atoms with Gasteiger partial charge in [-0.05, 0) is 79.3 Å². The number of benzene rings is 2. The van der Waals surface area contributed by atoms with E-state index >= 15 is 8.78 Å². The maximum absolute atomic E-state index is 15.1. The number of rotatable bonds is 13. The van der Waals surface area contributed by atoms with Crippen molar-refractivity contribution in [2.45, 2.75) is 65.2 Å². The van der Waals surface area contributed by atoms with Crippen molar-refractivity contribution in [2.24, 2.45) is 8.73 Å². The Bertz CT molecular complexity index is 1740. The fourth-order valence-electron chi connectivity index (χ4n) is 5.04. The largest absolute Gasteiger partial charge is 0.217 e. The van der Waals surface area contributed by atoms with Crippen molar-refractivity contribution in [1.82, 2.24) is 0 Å². The molecule has 0 aliphatic rings. The Kier molecular flexibility index (Phi) is 11.2. The first kappa shape index (κ1) is 31.6. The highest BCUT2D eigenvalue weighted by molar-refractivity contribution is 7.57. The molecule has 0 saturated heterocycles. The molecule has 0 saturated carbocycles. The van der Waals surface area contributed by atoms with Crippen molar-refractivity contribution >= 4 is 51.1 Å². The van der Waals surface area contributed by atoms with Crippen LogP contribution in [0.15, 0.2) is 75.5 Å². The molecule has 0 fully saturated rings. The lowest BCUT2D eigenvalue weighted by atomic mass is 10.0. The van der Waals surface area contributed by atoms with Crippen molar-refractivity contribution in [3.63, 3.8) is 0 Å². The van der Waals surface area contributed by atoms with Gasteiger partial charge in [-0.15, -0.1) is 34.0 Å². The minimum absolute atomic E-state index is 0.168. The summed E-state index contributed by atoms with van der Waals surface area (Å²) in [5.74, 6) is -0.342. The van der Waals surface area contributed by atoms with Gasteiger partial charge in [-0.25, -0.2) is 13.1 Å². The van der Waals surface area contributed by atoms with Crippen LogP contribution in [0.2, 0.25) is 0 Å². The molecule has 2 nitrogen and oxygen atoms in total. The Morgan fingerprint density at radius 2 is 1.14 bits per heavy atom. The Balaban J connectivity index is 1.41. The van der Waals surface area contributed by atoms with Crippen molar-refractivity contribution < 1.29 is 8.78 Å². The van der Waals surface area contributed by atoms with E-state index in [4.69, 9.17) is 0 Å². The van der Waals surface area contributed by atoms with Gasteiger partial charge in [0.1, 0.15) is 11.6 Å². The van der Waals surface area contributed by atoms with Crippen LogP contribution in [-0.4, -0.2) is 7.05 Å². The van der Waals surface area contributed by atoms with Crippen molar-refractivity contribution in [3.8, 4) is 40.4 Å². The smallest absolute Gasteiger partial charge is 0.132 e. The van der Waals surface area contributed by atoms with E-state index in [2.05, 4.69) is 40.8 Å². The molecule has 5 aromatic rings. The zero-order valence-electron chi connectivity index (χ0n) is 24.8. The second-order valence-corrected chi connectivity index (χ2v) is 14.5. The van der Waals surface area contributed by atoms with Gasteiger partial charge in [-0.1, -0.05) is 63.8 Å². The molecule has 0 radical (unpaired) electrons. The Morgan fingerprint density at radius 1 is 0.605 bits per heavy atom. The Morgan fingerprint density at radius 3 is 1.67 bits per heavy atom. The Labute approximate surface area is 269 Å². The zero-order valence-corrected chi connectivity index (χ0v) is 28.1. The summed E-state index contributed by atoms with van der Waals surface area (Å²) in [6.07, 6.45) is 8.62. The van der Waals surface area contributed by atoms with Gasteiger partial charge in [-0.3, -0.25) is 0 Å². The average Bonchev–Trinajstić information content (AvgIpc) is 3.76. The summed E-state index contributed by atoms with van der Waals surface area (Å²) in [5.41, 5.74) is 4.21.